The number of carbonyl (C=O) groups is 2. The lowest BCUT2D eigenvalue weighted by atomic mass is 10.0. The fourth-order valence-electron chi connectivity index (χ4n) is 5.30. The molecule has 0 heterocycles. The van der Waals surface area contributed by atoms with Gasteiger partial charge >= 0.3 is 11.9 Å². The number of hydrogen-bond donors (Lipinski definition) is 1. The van der Waals surface area contributed by atoms with E-state index >= 15 is 0 Å². The van der Waals surface area contributed by atoms with Gasteiger partial charge in [0.1, 0.15) is 6.10 Å². The van der Waals surface area contributed by atoms with Gasteiger partial charge in [0.25, 0.3) is 0 Å². The molecule has 0 aliphatic carbocycles. The van der Waals surface area contributed by atoms with Gasteiger partial charge in [-0.3, -0.25) is 9.59 Å². The Bertz CT molecular complexity index is 505. The molecule has 38 heavy (non-hydrogen) atoms. The van der Waals surface area contributed by atoms with Crippen molar-refractivity contribution in [1.82, 2.24) is 0 Å². The van der Waals surface area contributed by atoms with E-state index in [1.807, 2.05) is 0 Å². The van der Waals surface area contributed by atoms with Crippen molar-refractivity contribution < 1.29 is 19.4 Å². The predicted octanol–water partition coefficient (Wildman–Crippen LogP) is 11.3. The third-order valence-electron chi connectivity index (χ3n) is 7.83. The highest BCUT2D eigenvalue weighted by molar-refractivity contribution is 5.69. The van der Waals surface area contributed by atoms with Gasteiger partial charge in [0.15, 0.2) is 0 Å². The fraction of sp³-hybridized carbons (Fsp3) is 0.941. The molecule has 0 bridgehead atoms. The van der Waals surface area contributed by atoms with E-state index in [0.717, 1.165) is 38.5 Å². The quantitative estimate of drug-likeness (QED) is 0.0704. The second-order valence-electron chi connectivity index (χ2n) is 11.7. The van der Waals surface area contributed by atoms with Gasteiger partial charge < -0.3 is 9.84 Å². The minimum Gasteiger partial charge on any atom is -0.481 e. The summed E-state index contributed by atoms with van der Waals surface area (Å²) in [5, 5.41) is 8.86. The number of esters is 1. The van der Waals surface area contributed by atoms with E-state index in [0.29, 0.717) is 12.8 Å². The van der Waals surface area contributed by atoms with Crippen molar-refractivity contribution in [3.8, 4) is 0 Å². The zero-order valence-electron chi connectivity index (χ0n) is 25.8. The highest BCUT2D eigenvalue weighted by Crippen LogP contribution is 2.18. The van der Waals surface area contributed by atoms with Crippen LogP contribution in [0.1, 0.15) is 200 Å². The largest absolute Gasteiger partial charge is 0.481 e. The first-order chi connectivity index (χ1) is 18.6. The molecule has 0 aromatic heterocycles. The standard InChI is InChI=1S/C34H66O4/c1-3-5-7-9-11-12-13-14-15-16-17-18-19-20-21-23-25-31-34(37)38-32(29-26-27-30-33(35)36)28-24-22-10-8-6-4-2/h32H,3-31H2,1-2H3,(H,35,36). The molecule has 0 aromatic rings. The Balaban J connectivity index is 3.70. The third-order valence-corrected chi connectivity index (χ3v) is 7.83. The lowest BCUT2D eigenvalue weighted by molar-refractivity contribution is -0.150. The molecule has 1 atom stereocenters. The van der Waals surface area contributed by atoms with Crippen LogP contribution in [0.5, 0.6) is 0 Å². The molecule has 4 heteroatoms. The highest BCUT2D eigenvalue weighted by atomic mass is 16.5. The molecule has 0 aromatic carbocycles. The molecule has 0 saturated heterocycles. The third kappa shape index (κ3) is 29.5. The Kier molecular flexibility index (Phi) is 29.6. The lowest BCUT2D eigenvalue weighted by Crippen LogP contribution is -2.18. The molecule has 0 aliphatic rings. The Morgan fingerprint density at radius 3 is 1.18 bits per heavy atom. The molecular formula is C34H66O4. The van der Waals surface area contributed by atoms with Gasteiger partial charge in [0.2, 0.25) is 0 Å². The van der Waals surface area contributed by atoms with Crippen LogP contribution in [-0.4, -0.2) is 23.1 Å². The van der Waals surface area contributed by atoms with Crippen molar-refractivity contribution >= 4 is 11.9 Å². The first kappa shape index (κ1) is 36.9. The Hall–Kier alpha value is -1.06. The molecule has 1 unspecified atom stereocenters. The van der Waals surface area contributed by atoms with Crippen molar-refractivity contribution in [2.45, 2.75) is 206 Å². The average molecular weight is 539 g/mol. The number of unbranched alkanes of at least 4 members (excludes halogenated alkanes) is 22. The van der Waals surface area contributed by atoms with Gasteiger partial charge in [0, 0.05) is 12.8 Å². The van der Waals surface area contributed by atoms with Crippen LogP contribution in [0.25, 0.3) is 0 Å². The van der Waals surface area contributed by atoms with Crippen molar-refractivity contribution in [2.24, 2.45) is 0 Å². The monoisotopic (exact) mass is 538 g/mol. The van der Waals surface area contributed by atoms with Crippen LogP contribution in [0.15, 0.2) is 0 Å². The second-order valence-corrected chi connectivity index (χ2v) is 11.7. The summed E-state index contributed by atoms with van der Waals surface area (Å²) in [5.74, 6) is -0.798. The van der Waals surface area contributed by atoms with Gasteiger partial charge in [-0.15, -0.1) is 0 Å². The predicted molar refractivity (Wildman–Crippen MR) is 163 cm³/mol. The maximum Gasteiger partial charge on any atom is 0.306 e. The molecule has 0 amide bonds. The summed E-state index contributed by atoms with van der Waals surface area (Å²) in [6.45, 7) is 4.51. The van der Waals surface area contributed by atoms with Crippen LogP contribution in [0.4, 0.5) is 0 Å². The van der Waals surface area contributed by atoms with E-state index in [1.165, 1.54) is 128 Å². The molecular weight excluding hydrogens is 472 g/mol. The van der Waals surface area contributed by atoms with Gasteiger partial charge in [-0.05, 0) is 38.5 Å². The van der Waals surface area contributed by atoms with Crippen molar-refractivity contribution in [2.75, 3.05) is 0 Å². The maximum atomic E-state index is 12.4. The van der Waals surface area contributed by atoms with Gasteiger partial charge in [-0.1, -0.05) is 149 Å². The minimum atomic E-state index is -0.742. The SMILES string of the molecule is CCCCCCCCCCCCCCCCCCCC(=O)OC(CCCCCCCC)CCCCC(=O)O. The van der Waals surface area contributed by atoms with Gasteiger partial charge in [-0.25, -0.2) is 0 Å². The van der Waals surface area contributed by atoms with E-state index in [2.05, 4.69) is 13.8 Å². The zero-order valence-corrected chi connectivity index (χ0v) is 25.8. The Labute approximate surface area is 237 Å². The summed E-state index contributed by atoms with van der Waals surface area (Å²) in [5.41, 5.74) is 0. The van der Waals surface area contributed by atoms with Crippen LogP contribution in [0.3, 0.4) is 0 Å². The van der Waals surface area contributed by atoms with Crippen LogP contribution >= 0.6 is 0 Å². The molecule has 226 valence electrons. The highest BCUT2D eigenvalue weighted by Gasteiger charge is 2.14. The minimum absolute atomic E-state index is 0.0340. The summed E-state index contributed by atoms with van der Waals surface area (Å²) < 4.78 is 5.83. The number of carboxylic acids is 1. The van der Waals surface area contributed by atoms with Gasteiger partial charge in [0.05, 0.1) is 0 Å². The molecule has 1 N–H and O–H groups in total. The van der Waals surface area contributed by atoms with Crippen LogP contribution in [0, 0.1) is 0 Å². The Morgan fingerprint density at radius 2 is 0.789 bits per heavy atom. The smallest absolute Gasteiger partial charge is 0.306 e. The number of carbonyl (C=O) groups excluding carboxylic acids is 1. The molecule has 0 radical (unpaired) electrons. The normalized spacial score (nSPS) is 12.1. The molecule has 0 saturated carbocycles. The fourth-order valence-corrected chi connectivity index (χ4v) is 5.30. The summed E-state index contributed by atoms with van der Waals surface area (Å²) in [6.07, 6.45) is 34.1. The first-order valence-corrected chi connectivity index (χ1v) is 17.0. The number of aliphatic carboxylic acids is 1. The van der Waals surface area contributed by atoms with E-state index < -0.39 is 5.97 Å². The van der Waals surface area contributed by atoms with Crippen molar-refractivity contribution in [1.29, 1.82) is 0 Å². The second kappa shape index (κ2) is 30.5. The molecule has 0 spiro atoms. The topological polar surface area (TPSA) is 63.6 Å². The van der Waals surface area contributed by atoms with E-state index in [9.17, 15) is 9.59 Å². The molecule has 4 nitrogen and oxygen atoms in total. The number of ether oxygens (including phenoxy) is 1. The van der Waals surface area contributed by atoms with Crippen molar-refractivity contribution in [3.63, 3.8) is 0 Å². The average Bonchev–Trinajstić information content (AvgIpc) is 2.90. The molecule has 0 aliphatic heterocycles. The lowest BCUT2D eigenvalue weighted by Gasteiger charge is -2.18. The number of carboxylic acid groups (broad SMARTS) is 1. The van der Waals surface area contributed by atoms with Crippen molar-refractivity contribution in [3.05, 3.63) is 0 Å². The summed E-state index contributed by atoms with van der Waals surface area (Å²) in [4.78, 5) is 23.2. The summed E-state index contributed by atoms with van der Waals surface area (Å²) in [7, 11) is 0. The van der Waals surface area contributed by atoms with Crippen LogP contribution in [0.2, 0.25) is 0 Å². The summed E-state index contributed by atoms with van der Waals surface area (Å²) in [6, 6.07) is 0. The number of rotatable bonds is 31. The van der Waals surface area contributed by atoms with E-state index in [4.69, 9.17) is 9.84 Å². The van der Waals surface area contributed by atoms with Crippen LogP contribution in [-0.2, 0) is 14.3 Å². The summed E-state index contributed by atoms with van der Waals surface area (Å²) >= 11 is 0. The number of hydrogen-bond acceptors (Lipinski definition) is 3. The Morgan fingerprint density at radius 1 is 0.474 bits per heavy atom. The zero-order chi connectivity index (χ0) is 27.9. The molecule has 0 rings (SSSR count). The van der Waals surface area contributed by atoms with E-state index in [1.54, 1.807) is 0 Å². The maximum absolute atomic E-state index is 12.4. The van der Waals surface area contributed by atoms with Crippen LogP contribution < -0.4 is 0 Å². The van der Waals surface area contributed by atoms with E-state index in [-0.39, 0.29) is 18.5 Å². The van der Waals surface area contributed by atoms with Gasteiger partial charge in [-0.2, -0.15) is 0 Å². The first-order valence-electron chi connectivity index (χ1n) is 17.0. The molecule has 0 fully saturated rings.